The molecule has 2 aliphatic rings. The minimum Gasteiger partial charge on any atom is -0.508 e. The molecule has 2 aromatic heterocycles. The summed E-state index contributed by atoms with van der Waals surface area (Å²) in [6, 6.07) is 16.0. The van der Waals surface area contributed by atoms with E-state index in [4.69, 9.17) is 12.2 Å². The van der Waals surface area contributed by atoms with Gasteiger partial charge in [-0.05, 0) is 73.1 Å². The molecule has 0 spiro atoms. The summed E-state index contributed by atoms with van der Waals surface area (Å²) < 4.78 is 2.39. The molecule has 30 heavy (non-hydrogen) atoms. The van der Waals surface area contributed by atoms with E-state index in [-0.39, 0.29) is 17.8 Å². The first kappa shape index (κ1) is 19.1. The van der Waals surface area contributed by atoms with E-state index < -0.39 is 0 Å². The number of phenols is 1. The first-order valence-electron chi connectivity index (χ1n) is 10.7. The van der Waals surface area contributed by atoms with Gasteiger partial charge in [0.2, 0.25) is 0 Å². The number of aromatic hydroxyl groups is 1. The summed E-state index contributed by atoms with van der Waals surface area (Å²) in [5, 5.41) is 13.9. The predicted octanol–water partition coefficient (Wildman–Crippen LogP) is 5.27. The van der Waals surface area contributed by atoms with Crippen molar-refractivity contribution >= 4 is 23.0 Å². The lowest BCUT2D eigenvalue weighted by Crippen LogP contribution is -2.29. The van der Waals surface area contributed by atoms with Crippen LogP contribution in [0.2, 0.25) is 0 Å². The summed E-state index contributed by atoms with van der Waals surface area (Å²) in [5.74, 6) is 0.248. The van der Waals surface area contributed by atoms with Crippen LogP contribution in [0, 0.1) is 0 Å². The van der Waals surface area contributed by atoms with Gasteiger partial charge in [0.15, 0.2) is 5.11 Å². The fraction of sp³-hybridized carbons (Fsp3) is 0.333. The molecule has 154 valence electrons. The molecule has 5 rings (SSSR count). The molecule has 5 nitrogen and oxygen atoms in total. The average molecular weight is 419 g/mol. The molecule has 1 saturated heterocycles. The van der Waals surface area contributed by atoms with Crippen molar-refractivity contribution in [3.05, 3.63) is 78.4 Å². The number of pyridine rings is 1. The number of thiocarbonyl (C=S) groups is 1. The van der Waals surface area contributed by atoms with E-state index in [1.807, 2.05) is 36.5 Å². The third-order valence-electron chi connectivity index (χ3n) is 6.30. The second-order valence-corrected chi connectivity index (χ2v) is 8.58. The number of aromatic nitrogens is 2. The second kappa shape index (κ2) is 8.11. The summed E-state index contributed by atoms with van der Waals surface area (Å²) in [6.45, 7) is 0. The highest BCUT2D eigenvalue weighted by Gasteiger charge is 2.41. The first-order valence-corrected chi connectivity index (χ1v) is 11.1. The third kappa shape index (κ3) is 3.56. The van der Waals surface area contributed by atoms with Crippen LogP contribution in [0.15, 0.2) is 67.1 Å². The number of phenolic OH excluding ortho intramolecular Hbond substituents is 1. The molecule has 2 fully saturated rings. The normalized spacial score (nSPS) is 22.3. The molecule has 0 unspecified atom stereocenters. The fourth-order valence-corrected chi connectivity index (χ4v) is 5.14. The maximum atomic E-state index is 9.75. The molecule has 1 saturated carbocycles. The topological polar surface area (TPSA) is 53.3 Å². The Hall–Kier alpha value is -2.86. The molecule has 3 heterocycles. The van der Waals surface area contributed by atoms with Crippen molar-refractivity contribution in [2.45, 2.75) is 50.2 Å². The van der Waals surface area contributed by atoms with E-state index in [0.717, 1.165) is 11.4 Å². The molecule has 0 radical (unpaired) electrons. The summed E-state index contributed by atoms with van der Waals surface area (Å²) in [5.41, 5.74) is 3.15. The van der Waals surface area contributed by atoms with Crippen molar-refractivity contribution in [1.29, 1.82) is 0 Å². The van der Waals surface area contributed by atoms with Gasteiger partial charge in [0.25, 0.3) is 0 Å². The van der Waals surface area contributed by atoms with Crippen LogP contribution in [0.4, 0.5) is 5.69 Å². The molecule has 6 heteroatoms. The quantitative estimate of drug-likeness (QED) is 0.565. The summed E-state index contributed by atoms with van der Waals surface area (Å²) >= 11 is 5.76. The lowest BCUT2D eigenvalue weighted by Gasteiger charge is -2.28. The van der Waals surface area contributed by atoms with Crippen LogP contribution >= 0.6 is 12.2 Å². The third-order valence-corrected chi connectivity index (χ3v) is 6.62. The molecular weight excluding hydrogens is 392 g/mol. The maximum Gasteiger partial charge on any atom is 0.174 e. The van der Waals surface area contributed by atoms with Gasteiger partial charge in [0, 0.05) is 30.3 Å². The molecular formula is C24H26N4OS. The molecule has 1 aliphatic heterocycles. The maximum absolute atomic E-state index is 9.75. The van der Waals surface area contributed by atoms with Gasteiger partial charge < -0.3 is 19.9 Å². The molecule has 3 aromatic rings. The Labute approximate surface area is 182 Å². The van der Waals surface area contributed by atoms with Crippen LogP contribution in [0.5, 0.6) is 5.75 Å². The number of hydrogen-bond acceptors (Lipinski definition) is 3. The summed E-state index contributed by atoms with van der Waals surface area (Å²) in [6.07, 6.45) is 12.8. The minimum absolute atomic E-state index is 0.0122. The average Bonchev–Trinajstić information content (AvgIpc) is 3.40. The van der Waals surface area contributed by atoms with Gasteiger partial charge >= 0.3 is 0 Å². The number of benzene rings is 1. The molecule has 1 aromatic carbocycles. The van der Waals surface area contributed by atoms with Gasteiger partial charge in [-0.2, -0.15) is 0 Å². The van der Waals surface area contributed by atoms with E-state index in [1.165, 1.54) is 37.7 Å². The largest absolute Gasteiger partial charge is 0.508 e. The number of nitrogens with one attached hydrogen (secondary N) is 1. The highest BCUT2D eigenvalue weighted by atomic mass is 32.1. The molecule has 0 amide bonds. The van der Waals surface area contributed by atoms with Gasteiger partial charge in [-0.1, -0.05) is 25.3 Å². The second-order valence-electron chi connectivity index (χ2n) is 8.20. The van der Waals surface area contributed by atoms with Crippen molar-refractivity contribution in [2.24, 2.45) is 0 Å². The van der Waals surface area contributed by atoms with Crippen molar-refractivity contribution in [3.8, 4) is 5.75 Å². The summed E-state index contributed by atoms with van der Waals surface area (Å²) in [7, 11) is 0. The van der Waals surface area contributed by atoms with Gasteiger partial charge in [0.05, 0.1) is 17.8 Å². The van der Waals surface area contributed by atoms with Crippen molar-refractivity contribution in [2.75, 3.05) is 4.90 Å². The fourth-order valence-electron chi connectivity index (χ4n) is 4.80. The summed E-state index contributed by atoms with van der Waals surface area (Å²) in [4.78, 5) is 6.76. The van der Waals surface area contributed by atoms with E-state index in [9.17, 15) is 5.11 Å². The van der Waals surface area contributed by atoms with Crippen molar-refractivity contribution in [1.82, 2.24) is 14.9 Å². The Balaban J connectivity index is 1.54. The Morgan fingerprint density at radius 1 is 1.00 bits per heavy atom. The SMILES string of the molecule is Oc1ccc(N2C(=S)N[C@H](c3ccccn3)[C@H]2c2ccn(C3CCCCC3)c2)cc1. The minimum atomic E-state index is -0.0466. The zero-order valence-corrected chi connectivity index (χ0v) is 17.6. The van der Waals surface area contributed by atoms with Crippen LogP contribution < -0.4 is 10.2 Å². The number of rotatable bonds is 4. The zero-order valence-electron chi connectivity index (χ0n) is 16.8. The Bertz CT molecular complexity index is 1010. The lowest BCUT2D eigenvalue weighted by molar-refractivity contribution is 0.353. The van der Waals surface area contributed by atoms with Crippen molar-refractivity contribution < 1.29 is 5.11 Å². The Morgan fingerprint density at radius 2 is 1.80 bits per heavy atom. The van der Waals surface area contributed by atoms with E-state index in [1.54, 1.807) is 12.1 Å². The van der Waals surface area contributed by atoms with Gasteiger partial charge in [-0.3, -0.25) is 4.98 Å². The number of nitrogens with zero attached hydrogens (tertiary/aromatic N) is 3. The highest BCUT2D eigenvalue weighted by Crippen LogP contribution is 2.42. The molecule has 2 atom stereocenters. The monoisotopic (exact) mass is 418 g/mol. The van der Waals surface area contributed by atoms with Crippen LogP contribution in [-0.4, -0.2) is 19.8 Å². The zero-order chi connectivity index (χ0) is 20.5. The van der Waals surface area contributed by atoms with Crippen LogP contribution in [0.1, 0.15) is 61.5 Å². The molecule has 0 bridgehead atoms. The van der Waals surface area contributed by atoms with Crippen LogP contribution in [-0.2, 0) is 0 Å². The van der Waals surface area contributed by atoms with E-state index in [0.29, 0.717) is 11.2 Å². The molecule has 2 N–H and O–H groups in total. The Kier molecular flexibility index (Phi) is 5.17. The van der Waals surface area contributed by atoms with E-state index >= 15 is 0 Å². The first-order chi connectivity index (χ1) is 14.7. The van der Waals surface area contributed by atoms with Gasteiger partial charge in [-0.25, -0.2) is 0 Å². The van der Waals surface area contributed by atoms with E-state index in [2.05, 4.69) is 38.2 Å². The van der Waals surface area contributed by atoms with Gasteiger partial charge in [0.1, 0.15) is 5.75 Å². The lowest BCUT2D eigenvalue weighted by atomic mass is 9.95. The standard InChI is InChI=1S/C24H26N4OS/c29-20-11-9-19(10-12-20)28-23(22(26-24(28)30)21-8-4-5-14-25-21)17-13-15-27(16-17)18-6-2-1-3-7-18/h4-5,8-16,18,22-23,29H,1-3,6-7H2,(H,26,30)/t22-,23-/m1/s1. The highest BCUT2D eigenvalue weighted by molar-refractivity contribution is 7.80. The van der Waals surface area contributed by atoms with Crippen LogP contribution in [0.3, 0.4) is 0 Å². The Morgan fingerprint density at radius 3 is 2.53 bits per heavy atom. The van der Waals surface area contributed by atoms with Gasteiger partial charge in [-0.15, -0.1) is 0 Å². The predicted molar refractivity (Wildman–Crippen MR) is 123 cm³/mol. The smallest absolute Gasteiger partial charge is 0.174 e. The number of hydrogen-bond donors (Lipinski definition) is 2. The number of anilines is 1. The van der Waals surface area contributed by atoms with Crippen molar-refractivity contribution in [3.63, 3.8) is 0 Å². The molecule has 1 aliphatic carbocycles. The van der Waals surface area contributed by atoms with Crippen LogP contribution in [0.25, 0.3) is 0 Å².